The largest absolute Gasteiger partial charge is 0.370 e. The van der Waals surface area contributed by atoms with Gasteiger partial charge in [-0.2, -0.15) is 0 Å². The number of hydrogen-bond acceptors (Lipinski definition) is 4. The Morgan fingerprint density at radius 2 is 1.77 bits per heavy atom. The molecule has 3 rings (SSSR count). The van der Waals surface area contributed by atoms with E-state index in [1.807, 2.05) is 24.3 Å². The molecular weight excluding hydrogens is 324 g/mol. The van der Waals surface area contributed by atoms with Crippen LogP contribution in [0, 0.1) is 0 Å². The van der Waals surface area contributed by atoms with E-state index in [-0.39, 0.29) is 5.91 Å². The molecule has 0 fully saturated rings. The van der Waals surface area contributed by atoms with Gasteiger partial charge in [0.05, 0.1) is 12.2 Å². The number of carbonyl (C=O) groups is 1. The maximum atomic E-state index is 12.3. The Morgan fingerprint density at radius 1 is 0.923 bits per heavy atom. The minimum atomic E-state index is -0.134. The lowest BCUT2D eigenvalue weighted by Gasteiger charge is -2.08. The van der Waals surface area contributed by atoms with Crippen LogP contribution < -0.4 is 10.6 Å². The van der Waals surface area contributed by atoms with Gasteiger partial charge in [0.25, 0.3) is 5.91 Å². The van der Waals surface area contributed by atoms with E-state index < -0.39 is 0 Å². The van der Waals surface area contributed by atoms with Crippen LogP contribution in [-0.4, -0.2) is 22.4 Å². The molecule has 2 aromatic heterocycles. The highest BCUT2D eigenvalue weighted by molar-refractivity contribution is 5.94. The molecule has 0 radical (unpaired) electrons. The van der Waals surface area contributed by atoms with E-state index >= 15 is 0 Å². The Kier molecular flexibility index (Phi) is 6.31. The lowest BCUT2D eigenvalue weighted by atomic mass is 10.1. The molecule has 0 bridgehead atoms. The highest BCUT2D eigenvalue weighted by Gasteiger charge is 2.07. The van der Waals surface area contributed by atoms with Crippen molar-refractivity contribution in [2.75, 3.05) is 11.9 Å². The summed E-state index contributed by atoms with van der Waals surface area (Å²) >= 11 is 0. The predicted molar refractivity (Wildman–Crippen MR) is 103 cm³/mol. The molecule has 0 aliphatic heterocycles. The molecule has 0 atom stereocenters. The lowest BCUT2D eigenvalue weighted by molar-refractivity contribution is 0.0950. The van der Waals surface area contributed by atoms with Crippen LogP contribution in [0.4, 0.5) is 5.82 Å². The topological polar surface area (TPSA) is 66.9 Å². The summed E-state index contributed by atoms with van der Waals surface area (Å²) in [7, 11) is 0. The second kappa shape index (κ2) is 9.32. The van der Waals surface area contributed by atoms with Crippen molar-refractivity contribution in [3.63, 3.8) is 0 Å². The van der Waals surface area contributed by atoms with E-state index in [1.165, 1.54) is 5.56 Å². The van der Waals surface area contributed by atoms with Crippen molar-refractivity contribution in [2.45, 2.75) is 19.4 Å². The first kappa shape index (κ1) is 17.6. The molecular formula is C21H22N4O. The van der Waals surface area contributed by atoms with Gasteiger partial charge in [0, 0.05) is 24.5 Å². The fourth-order valence-corrected chi connectivity index (χ4v) is 2.60. The van der Waals surface area contributed by atoms with Crippen LogP contribution in [0.5, 0.6) is 0 Å². The molecule has 2 N–H and O–H groups in total. The minimum absolute atomic E-state index is 0.134. The number of benzene rings is 1. The van der Waals surface area contributed by atoms with Crippen LogP contribution in [0.3, 0.4) is 0 Å². The summed E-state index contributed by atoms with van der Waals surface area (Å²) in [5.74, 6) is 0.578. The molecule has 5 heteroatoms. The fourth-order valence-electron chi connectivity index (χ4n) is 2.60. The second-order valence-electron chi connectivity index (χ2n) is 5.95. The number of aromatic nitrogens is 2. The number of nitrogens with zero attached hydrogens (tertiary/aromatic N) is 2. The van der Waals surface area contributed by atoms with Gasteiger partial charge in [-0.05, 0) is 42.7 Å². The summed E-state index contributed by atoms with van der Waals surface area (Å²) in [6.45, 7) is 1.21. The molecule has 2 heterocycles. The molecule has 0 saturated heterocycles. The summed E-state index contributed by atoms with van der Waals surface area (Å²) < 4.78 is 0. The summed E-state index contributed by atoms with van der Waals surface area (Å²) in [4.78, 5) is 20.8. The molecule has 132 valence electrons. The normalized spacial score (nSPS) is 10.3. The number of pyridine rings is 2. The Labute approximate surface area is 153 Å². The third-order valence-electron chi connectivity index (χ3n) is 3.97. The SMILES string of the molecule is O=C(NCc1ccccn1)c1ccnc(NCCCc2ccccc2)c1. The molecule has 5 nitrogen and oxygen atoms in total. The number of rotatable bonds is 8. The van der Waals surface area contributed by atoms with Gasteiger partial charge in [0.2, 0.25) is 0 Å². The van der Waals surface area contributed by atoms with Crippen molar-refractivity contribution in [3.8, 4) is 0 Å². The highest BCUT2D eigenvalue weighted by atomic mass is 16.1. The van der Waals surface area contributed by atoms with Crippen molar-refractivity contribution in [3.05, 3.63) is 89.9 Å². The monoisotopic (exact) mass is 346 g/mol. The van der Waals surface area contributed by atoms with E-state index in [0.29, 0.717) is 17.9 Å². The van der Waals surface area contributed by atoms with Crippen LogP contribution in [0.25, 0.3) is 0 Å². The van der Waals surface area contributed by atoms with E-state index in [0.717, 1.165) is 25.1 Å². The average Bonchev–Trinajstić information content (AvgIpc) is 2.71. The third-order valence-corrected chi connectivity index (χ3v) is 3.97. The first-order chi connectivity index (χ1) is 12.8. The molecule has 0 aliphatic carbocycles. The second-order valence-corrected chi connectivity index (χ2v) is 5.95. The zero-order chi connectivity index (χ0) is 18.0. The van der Waals surface area contributed by atoms with E-state index in [9.17, 15) is 4.79 Å². The minimum Gasteiger partial charge on any atom is -0.370 e. The Morgan fingerprint density at radius 3 is 2.58 bits per heavy atom. The average molecular weight is 346 g/mol. The van der Waals surface area contributed by atoms with Crippen LogP contribution in [0.1, 0.15) is 28.0 Å². The number of anilines is 1. The van der Waals surface area contributed by atoms with Crippen LogP contribution in [-0.2, 0) is 13.0 Å². The van der Waals surface area contributed by atoms with E-state index in [4.69, 9.17) is 0 Å². The van der Waals surface area contributed by atoms with Gasteiger partial charge in [0.1, 0.15) is 5.82 Å². The Hall–Kier alpha value is -3.21. The quantitative estimate of drug-likeness (QED) is 0.613. The van der Waals surface area contributed by atoms with Crippen LogP contribution in [0.15, 0.2) is 73.1 Å². The van der Waals surface area contributed by atoms with Gasteiger partial charge in [-0.25, -0.2) is 4.98 Å². The zero-order valence-electron chi connectivity index (χ0n) is 14.6. The van der Waals surface area contributed by atoms with Gasteiger partial charge in [-0.1, -0.05) is 36.4 Å². The molecule has 0 aliphatic rings. The first-order valence-electron chi connectivity index (χ1n) is 8.73. The van der Waals surface area contributed by atoms with Crippen LogP contribution in [0.2, 0.25) is 0 Å². The first-order valence-corrected chi connectivity index (χ1v) is 8.73. The van der Waals surface area contributed by atoms with E-state index in [1.54, 1.807) is 24.5 Å². The van der Waals surface area contributed by atoms with E-state index in [2.05, 4.69) is 44.9 Å². The number of carbonyl (C=O) groups excluding carboxylic acids is 1. The van der Waals surface area contributed by atoms with Gasteiger partial charge < -0.3 is 10.6 Å². The van der Waals surface area contributed by atoms with Crippen molar-refractivity contribution in [1.29, 1.82) is 0 Å². The summed E-state index contributed by atoms with van der Waals surface area (Å²) in [5.41, 5.74) is 2.74. The Balaban J connectivity index is 1.47. The molecule has 1 aromatic carbocycles. The lowest BCUT2D eigenvalue weighted by Crippen LogP contribution is -2.23. The maximum absolute atomic E-state index is 12.3. The third kappa shape index (κ3) is 5.41. The van der Waals surface area contributed by atoms with Crippen molar-refractivity contribution in [2.24, 2.45) is 0 Å². The molecule has 1 amide bonds. The maximum Gasteiger partial charge on any atom is 0.251 e. The van der Waals surface area contributed by atoms with Crippen molar-refractivity contribution >= 4 is 11.7 Å². The molecule has 3 aromatic rings. The molecule has 0 spiro atoms. The smallest absolute Gasteiger partial charge is 0.251 e. The van der Waals surface area contributed by atoms with Gasteiger partial charge in [-0.15, -0.1) is 0 Å². The van der Waals surface area contributed by atoms with Gasteiger partial charge >= 0.3 is 0 Å². The highest BCUT2D eigenvalue weighted by Crippen LogP contribution is 2.08. The van der Waals surface area contributed by atoms with Crippen molar-refractivity contribution < 1.29 is 4.79 Å². The van der Waals surface area contributed by atoms with Gasteiger partial charge in [0.15, 0.2) is 0 Å². The summed E-state index contributed by atoms with van der Waals surface area (Å²) in [5, 5.41) is 6.15. The fraction of sp³-hybridized carbons (Fsp3) is 0.190. The van der Waals surface area contributed by atoms with Crippen molar-refractivity contribution in [1.82, 2.24) is 15.3 Å². The number of amides is 1. The molecule has 0 saturated carbocycles. The number of nitrogens with one attached hydrogen (secondary N) is 2. The van der Waals surface area contributed by atoms with Crippen LogP contribution >= 0.6 is 0 Å². The predicted octanol–water partition coefficient (Wildman–Crippen LogP) is 3.45. The standard InChI is InChI=1S/C21H22N4O/c26-21(25-16-19-10-4-5-12-22-19)18-11-14-24-20(15-18)23-13-6-9-17-7-2-1-3-8-17/h1-5,7-8,10-12,14-15H,6,9,13,16H2,(H,23,24)(H,25,26). The Bertz CT molecular complexity index is 822. The number of aryl methyl sites for hydroxylation is 1. The van der Waals surface area contributed by atoms with Gasteiger partial charge in [-0.3, -0.25) is 9.78 Å². The molecule has 26 heavy (non-hydrogen) atoms. The zero-order valence-corrected chi connectivity index (χ0v) is 14.6. The summed E-state index contributed by atoms with van der Waals surface area (Å²) in [6.07, 6.45) is 5.38. The number of hydrogen-bond donors (Lipinski definition) is 2. The summed E-state index contributed by atoms with van der Waals surface area (Å²) in [6, 6.07) is 19.5. The molecule has 0 unspecified atom stereocenters.